The van der Waals surface area contributed by atoms with Crippen LogP contribution < -0.4 is 9.46 Å². The first-order chi connectivity index (χ1) is 10.7. The van der Waals surface area contributed by atoms with Gasteiger partial charge in [0.2, 0.25) is 10.9 Å². The highest BCUT2D eigenvalue weighted by Crippen LogP contribution is 2.19. The Balaban J connectivity index is 0.00000192. The monoisotopic (exact) mass is 354 g/mol. The fraction of sp³-hybridized carbons (Fsp3) is 0.143. The Kier molecular flexibility index (Phi) is 5.41. The summed E-state index contributed by atoms with van der Waals surface area (Å²) in [5.41, 5.74) is 3.20. The minimum atomic E-state index is -2.64. The van der Waals surface area contributed by atoms with Crippen LogP contribution in [0.25, 0.3) is 11.0 Å². The molecule has 7 nitrogen and oxygen atoms in total. The van der Waals surface area contributed by atoms with Gasteiger partial charge in [0.05, 0.1) is 19.2 Å². The van der Waals surface area contributed by atoms with Crippen molar-refractivity contribution in [3.05, 3.63) is 48.0 Å². The van der Waals surface area contributed by atoms with Crippen LogP contribution in [0.3, 0.4) is 0 Å². The van der Waals surface area contributed by atoms with Gasteiger partial charge in [0, 0.05) is 11.8 Å². The van der Waals surface area contributed by atoms with Gasteiger partial charge in [-0.2, -0.15) is 0 Å². The van der Waals surface area contributed by atoms with Crippen LogP contribution in [-0.2, 0) is 17.4 Å². The van der Waals surface area contributed by atoms with Crippen molar-refractivity contribution in [2.75, 3.05) is 11.8 Å². The normalized spacial score (nSPS) is 10.5. The predicted octanol–water partition coefficient (Wildman–Crippen LogP) is 1.85. The van der Waals surface area contributed by atoms with E-state index in [1.54, 1.807) is 23.9 Å². The maximum atomic E-state index is 10.6. The van der Waals surface area contributed by atoms with Gasteiger partial charge in [-0.05, 0) is 29.8 Å². The first-order valence-corrected chi connectivity index (χ1v) is 7.71. The molecule has 0 amide bonds. The van der Waals surface area contributed by atoms with Gasteiger partial charge in [-0.25, -0.2) is 13.1 Å². The Labute approximate surface area is 140 Å². The molecule has 0 saturated carbocycles. The van der Waals surface area contributed by atoms with E-state index in [9.17, 15) is 8.42 Å². The summed E-state index contributed by atoms with van der Waals surface area (Å²) in [4.78, 5) is 0. The number of rotatable bonds is 5. The van der Waals surface area contributed by atoms with Crippen molar-refractivity contribution in [2.45, 2.75) is 6.54 Å². The molecule has 1 heterocycles. The van der Waals surface area contributed by atoms with Crippen LogP contribution in [-0.4, -0.2) is 30.5 Å². The first-order valence-electron chi connectivity index (χ1n) is 6.53. The first kappa shape index (κ1) is 17.0. The van der Waals surface area contributed by atoms with Crippen LogP contribution in [0.2, 0.25) is 0 Å². The molecule has 1 aromatic heterocycles. The van der Waals surface area contributed by atoms with E-state index in [1.807, 2.05) is 30.3 Å². The molecule has 0 aliphatic rings. The van der Waals surface area contributed by atoms with Crippen molar-refractivity contribution in [1.29, 1.82) is 0 Å². The number of aromatic nitrogens is 3. The zero-order valence-electron chi connectivity index (χ0n) is 12.2. The third-order valence-electron chi connectivity index (χ3n) is 3.23. The second-order valence-corrected chi connectivity index (χ2v) is 5.41. The molecule has 23 heavy (non-hydrogen) atoms. The number of benzene rings is 2. The molecule has 0 unspecified atom stereocenters. The summed E-state index contributed by atoms with van der Waals surface area (Å²) < 4.78 is 30.5. The number of ether oxygens (including phenoxy) is 1. The van der Waals surface area contributed by atoms with Crippen LogP contribution in [0.1, 0.15) is 5.56 Å². The lowest BCUT2D eigenvalue weighted by molar-refractivity contribution is 0.415. The number of hydrogen-bond acceptors (Lipinski definition) is 5. The summed E-state index contributed by atoms with van der Waals surface area (Å²) in [7, 11) is -1.04. The number of anilines is 1. The number of fused-ring (bicyclic) bond motifs is 1. The Morgan fingerprint density at radius 1 is 1.17 bits per heavy atom. The maximum Gasteiger partial charge on any atom is 0.222 e. The summed E-state index contributed by atoms with van der Waals surface area (Å²) in [5, 5.41) is 8.26. The number of halogens is 1. The molecule has 3 aromatic rings. The van der Waals surface area contributed by atoms with E-state index in [4.69, 9.17) is 4.74 Å². The van der Waals surface area contributed by atoms with Gasteiger partial charge < -0.3 is 4.74 Å². The predicted molar refractivity (Wildman–Crippen MR) is 90.8 cm³/mol. The number of thiol groups is 1. The maximum absolute atomic E-state index is 10.6. The van der Waals surface area contributed by atoms with E-state index >= 15 is 0 Å². The molecule has 0 atom stereocenters. The third kappa shape index (κ3) is 3.91. The smallest absolute Gasteiger partial charge is 0.222 e. The molecule has 2 aromatic carbocycles. The van der Waals surface area contributed by atoms with Crippen molar-refractivity contribution < 1.29 is 13.2 Å². The summed E-state index contributed by atoms with van der Waals surface area (Å²) in [5.74, 6) is 0.738. The van der Waals surface area contributed by atoms with Gasteiger partial charge >= 0.3 is 0 Å². The molecule has 0 aliphatic heterocycles. The lowest BCUT2D eigenvalue weighted by Gasteiger charge is -2.05. The minimum absolute atomic E-state index is 0. The number of hydrogen-bond donors (Lipinski definition) is 2. The minimum Gasteiger partial charge on any atom is -0.497 e. The molecule has 0 saturated heterocycles. The summed E-state index contributed by atoms with van der Waals surface area (Å²) in [6, 6.07) is 12.7. The van der Waals surface area contributed by atoms with Crippen molar-refractivity contribution in [3.63, 3.8) is 0 Å². The fourth-order valence-corrected chi connectivity index (χ4v) is 2.52. The molecule has 1 N–H and O–H groups in total. The van der Waals surface area contributed by atoms with E-state index in [-0.39, 0.29) is 12.4 Å². The van der Waals surface area contributed by atoms with E-state index in [1.165, 1.54) is 0 Å². The SMILES string of the molecule is COc1ccc2c(c1)nnn2Cc1ccc(N[SH](=O)=O)cc1.Cl. The van der Waals surface area contributed by atoms with Gasteiger partial charge in [-0.3, -0.25) is 4.72 Å². The molecule has 9 heteroatoms. The second-order valence-electron chi connectivity index (χ2n) is 4.67. The summed E-state index contributed by atoms with van der Waals surface area (Å²) >= 11 is 0. The number of nitrogens with zero attached hydrogens (tertiary/aromatic N) is 3. The molecule has 122 valence electrons. The topological polar surface area (TPSA) is 86.1 Å². The molecule has 0 radical (unpaired) electrons. The standard InChI is InChI=1S/C14H14N4O3S.ClH/c1-21-12-6-7-14-13(8-12)15-17-18(14)9-10-2-4-11(5-3-10)16-22(19)20;/h2-8,22H,9H2,1H3,(H,16,19,20);1H. The fourth-order valence-electron chi connectivity index (χ4n) is 2.16. The lowest BCUT2D eigenvalue weighted by atomic mass is 10.2. The molecular formula is C14H15ClN4O3S. The van der Waals surface area contributed by atoms with Crippen molar-refractivity contribution in [2.24, 2.45) is 0 Å². The van der Waals surface area contributed by atoms with Crippen LogP contribution in [0, 0.1) is 0 Å². The summed E-state index contributed by atoms with van der Waals surface area (Å²) in [6.07, 6.45) is 0. The van der Waals surface area contributed by atoms with Crippen LogP contribution in [0.5, 0.6) is 5.75 Å². The van der Waals surface area contributed by atoms with Crippen LogP contribution in [0.4, 0.5) is 5.69 Å². The van der Waals surface area contributed by atoms with Crippen LogP contribution >= 0.6 is 12.4 Å². The number of nitrogens with one attached hydrogen (secondary N) is 1. The number of methoxy groups -OCH3 is 1. The van der Waals surface area contributed by atoms with E-state index in [0.29, 0.717) is 12.2 Å². The average Bonchev–Trinajstić information content (AvgIpc) is 2.91. The van der Waals surface area contributed by atoms with Gasteiger partial charge in [-0.1, -0.05) is 17.3 Å². The Bertz CT molecular complexity index is 869. The van der Waals surface area contributed by atoms with Gasteiger partial charge in [0.25, 0.3) is 0 Å². The Morgan fingerprint density at radius 2 is 1.91 bits per heavy atom. The lowest BCUT2D eigenvalue weighted by Crippen LogP contribution is -2.02. The van der Waals surface area contributed by atoms with E-state index < -0.39 is 10.9 Å². The highest BCUT2D eigenvalue weighted by atomic mass is 35.5. The zero-order chi connectivity index (χ0) is 15.5. The molecule has 0 fully saturated rings. The largest absolute Gasteiger partial charge is 0.497 e. The second kappa shape index (κ2) is 7.30. The highest BCUT2D eigenvalue weighted by molar-refractivity contribution is 7.73. The third-order valence-corrected chi connectivity index (χ3v) is 3.67. The van der Waals surface area contributed by atoms with Crippen molar-refractivity contribution in [1.82, 2.24) is 15.0 Å². The van der Waals surface area contributed by atoms with Crippen molar-refractivity contribution in [3.8, 4) is 5.75 Å². The van der Waals surface area contributed by atoms with Gasteiger partial charge in [-0.15, -0.1) is 17.5 Å². The highest BCUT2D eigenvalue weighted by Gasteiger charge is 2.06. The quantitative estimate of drug-likeness (QED) is 0.683. The van der Waals surface area contributed by atoms with Crippen molar-refractivity contribution >= 4 is 40.0 Å². The van der Waals surface area contributed by atoms with Crippen LogP contribution in [0.15, 0.2) is 42.5 Å². The zero-order valence-corrected chi connectivity index (χ0v) is 13.9. The van der Waals surface area contributed by atoms with E-state index in [2.05, 4.69) is 15.0 Å². The molecule has 3 rings (SSSR count). The molecule has 0 spiro atoms. The Hall–Kier alpha value is -2.32. The molecule has 0 bridgehead atoms. The van der Waals surface area contributed by atoms with E-state index in [0.717, 1.165) is 22.3 Å². The Morgan fingerprint density at radius 3 is 2.57 bits per heavy atom. The average molecular weight is 355 g/mol. The summed E-state index contributed by atoms with van der Waals surface area (Å²) in [6.45, 7) is 0.548. The molecular weight excluding hydrogens is 340 g/mol. The van der Waals surface area contributed by atoms with Gasteiger partial charge in [0.1, 0.15) is 11.3 Å². The van der Waals surface area contributed by atoms with Gasteiger partial charge in [0.15, 0.2) is 0 Å². The molecule has 0 aliphatic carbocycles.